The number of hydrogen-bond donors (Lipinski definition) is 0. The Kier molecular flexibility index (Phi) is 5.79. The van der Waals surface area contributed by atoms with E-state index in [0.29, 0.717) is 43.2 Å². The molecule has 0 N–H and O–H groups in total. The van der Waals surface area contributed by atoms with Crippen LogP contribution in [-0.2, 0) is 0 Å². The number of hydrogen-bond acceptors (Lipinski definition) is 6. The van der Waals surface area contributed by atoms with Gasteiger partial charge in [0.25, 0.3) is 5.91 Å². The lowest BCUT2D eigenvalue weighted by molar-refractivity contribution is 0.0746. The predicted molar refractivity (Wildman–Crippen MR) is 115 cm³/mol. The first-order chi connectivity index (χ1) is 14.7. The number of amides is 1. The zero-order valence-corrected chi connectivity index (χ0v) is 17.1. The summed E-state index contributed by atoms with van der Waals surface area (Å²) in [5.74, 6) is 2.03. The highest BCUT2D eigenvalue weighted by Crippen LogP contribution is 2.28. The summed E-state index contributed by atoms with van der Waals surface area (Å²) in [6, 6.07) is 17.3. The lowest BCUT2D eigenvalue weighted by Crippen LogP contribution is -2.49. The molecule has 7 nitrogen and oxygen atoms in total. The molecule has 0 bridgehead atoms. The normalized spacial score (nSPS) is 13.8. The van der Waals surface area contributed by atoms with Crippen LogP contribution in [0.4, 0.5) is 5.82 Å². The second-order valence-electron chi connectivity index (χ2n) is 6.98. The van der Waals surface area contributed by atoms with E-state index in [9.17, 15) is 4.79 Å². The van der Waals surface area contributed by atoms with Crippen molar-refractivity contribution in [1.29, 1.82) is 0 Å². The van der Waals surface area contributed by atoms with E-state index in [1.54, 1.807) is 38.7 Å². The Morgan fingerprint density at radius 2 is 1.60 bits per heavy atom. The molecule has 0 aliphatic carbocycles. The minimum absolute atomic E-state index is 0.0109. The van der Waals surface area contributed by atoms with Crippen LogP contribution in [0, 0.1) is 0 Å². The average Bonchev–Trinajstić information content (AvgIpc) is 2.84. The SMILES string of the molecule is COc1ccc(C(=O)N2CCN(c3cc(-c4ccccc4)ncn3)CC2)cc1OC. The highest BCUT2D eigenvalue weighted by atomic mass is 16.5. The highest BCUT2D eigenvalue weighted by molar-refractivity contribution is 5.95. The van der Waals surface area contributed by atoms with Crippen LogP contribution < -0.4 is 14.4 Å². The molecule has 1 aromatic heterocycles. The van der Waals surface area contributed by atoms with Crippen molar-refractivity contribution in [2.75, 3.05) is 45.3 Å². The molecule has 0 saturated carbocycles. The van der Waals surface area contributed by atoms with Crippen LogP contribution in [-0.4, -0.2) is 61.2 Å². The summed E-state index contributed by atoms with van der Waals surface area (Å²) < 4.78 is 10.6. The third kappa shape index (κ3) is 4.05. The number of carbonyl (C=O) groups excluding carboxylic acids is 1. The van der Waals surface area contributed by atoms with Gasteiger partial charge in [0.05, 0.1) is 19.9 Å². The summed E-state index contributed by atoms with van der Waals surface area (Å²) in [4.78, 5) is 25.8. The number of methoxy groups -OCH3 is 2. The van der Waals surface area contributed by atoms with E-state index in [0.717, 1.165) is 17.1 Å². The van der Waals surface area contributed by atoms with Crippen molar-refractivity contribution in [2.45, 2.75) is 0 Å². The number of nitrogens with zero attached hydrogens (tertiary/aromatic N) is 4. The number of anilines is 1. The van der Waals surface area contributed by atoms with Gasteiger partial charge in [-0.05, 0) is 18.2 Å². The molecule has 0 radical (unpaired) electrons. The number of aromatic nitrogens is 2. The van der Waals surface area contributed by atoms with Crippen molar-refractivity contribution >= 4 is 11.7 Å². The first-order valence-electron chi connectivity index (χ1n) is 9.83. The van der Waals surface area contributed by atoms with Crippen LogP contribution >= 0.6 is 0 Å². The van der Waals surface area contributed by atoms with Gasteiger partial charge in [0.1, 0.15) is 12.1 Å². The maximum Gasteiger partial charge on any atom is 0.254 e. The van der Waals surface area contributed by atoms with Gasteiger partial charge < -0.3 is 19.3 Å². The zero-order valence-electron chi connectivity index (χ0n) is 17.1. The first-order valence-corrected chi connectivity index (χ1v) is 9.83. The van der Waals surface area contributed by atoms with Crippen LogP contribution in [0.3, 0.4) is 0 Å². The van der Waals surface area contributed by atoms with Gasteiger partial charge in [-0.15, -0.1) is 0 Å². The van der Waals surface area contributed by atoms with Gasteiger partial charge in [-0.25, -0.2) is 9.97 Å². The first kappa shape index (κ1) is 19.7. The average molecular weight is 404 g/mol. The molecule has 2 aromatic carbocycles. The van der Waals surface area contributed by atoms with Gasteiger partial charge in [-0.3, -0.25) is 4.79 Å². The molecule has 7 heteroatoms. The van der Waals surface area contributed by atoms with Gasteiger partial charge in [0, 0.05) is 43.4 Å². The minimum Gasteiger partial charge on any atom is -0.493 e. The fourth-order valence-electron chi connectivity index (χ4n) is 3.58. The summed E-state index contributed by atoms with van der Waals surface area (Å²) in [7, 11) is 3.14. The maximum absolute atomic E-state index is 12.9. The van der Waals surface area contributed by atoms with E-state index in [1.807, 2.05) is 41.3 Å². The molecular weight excluding hydrogens is 380 g/mol. The molecule has 1 aliphatic heterocycles. The standard InChI is InChI=1S/C23H24N4O3/c1-29-20-9-8-18(14-21(20)30-2)23(28)27-12-10-26(11-13-27)22-15-19(24-16-25-22)17-6-4-3-5-7-17/h3-9,14-16H,10-13H2,1-2H3. The highest BCUT2D eigenvalue weighted by Gasteiger charge is 2.24. The third-order valence-electron chi connectivity index (χ3n) is 5.24. The number of ether oxygens (including phenoxy) is 2. The quantitative estimate of drug-likeness (QED) is 0.651. The Labute approximate surface area is 175 Å². The molecule has 2 heterocycles. The second-order valence-corrected chi connectivity index (χ2v) is 6.98. The molecule has 4 rings (SSSR count). The van der Waals surface area contributed by atoms with Crippen molar-refractivity contribution < 1.29 is 14.3 Å². The Morgan fingerprint density at radius 1 is 0.867 bits per heavy atom. The largest absolute Gasteiger partial charge is 0.493 e. The fraction of sp³-hybridized carbons (Fsp3) is 0.261. The van der Waals surface area contributed by atoms with E-state index in [2.05, 4.69) is 14.9 Å². The van der Waals surface area contributed by atoms with Crippen LogP contribution in [0.25, 0.3) is 11.3 Å². The molecule has 0 spiro atoms. The zero-order chi connectivity index (χ0) is 20.9. The van der Waals surface area contributed by atoms with Gasteiger partial charge in [0.15, 0.2) is 11.5 Å². The van der Waals surface area contributed by atoms with Crippen LogP contribution in [0.5, 0.6) is 11.5 Å². The van der Waals surface area contributed by atoms with E-state index < -0.39 is 0 Å². The molecular formula is C23H24N4O3. The van der Waals surface area contributed by atoms with Crippen LogP contribution in [0.1, 0.15) is 10.4 Å². The molecule has 3 aromatic rings. The Morgan fingerprint density at radius 3 is 2.30 bits per heavy atom. The molecule has 1 aliphatic rings. The molecule has 154 valence electrons. The topological polar surface area (TPSA) is 67.8 Å². The summed E-state index contributed by atoms with van der Waals surface area (Å²) in [5.41, 5.74) is 2.54. The van der Waals surface area contributed by atoms with E-state index in [1.165, 1.54) is 0 Å². The van der Waals surface area contributed by atoms with Gasteiger partial charge in [-0.1, -0.05) is 30.3 Å². The monoisotopic (exact) mass is 404 g/mol. The Bertz CT molecular complexity index is 1020. The predicted octanol–water partition coefficient (Wildman–Crippen LogP) is 3.12. The second kappa shape index (κ2) is 8.82. The van der Waals surface area contributed by atoms with Gasteiger partial charge in [0.2, 0.25) is 0 Å². The molecule has 1 saturated heterocycles. The van der Waals surface area contributed by atoms with Crippen LogP contribution in [0.2, 0.25) is 0 Å². The number of carbonyl (C=O) groups is 1. The minimum atomic E-state index is -0.0109. The molecule has 30 heavy (non-hydrogen) atoms. The van der Waals surface area contributed by atoms with Gasteiger partial charge in [-0.2, -0.15) is 0 Å². The van der Waals surface area contributed by atoms with E-state index in [-0.39, 0.29) is 5.91 Å². The molecule has 1 amide bonds. The van der Waals surface area contributed by atoms with Crippen molar-refractivity contribution in [3.63, 3.8) is 0 Å². The van der Waals surface area contributed by atoms with Crippen molar-refractivity contribution in [1.82, 2.24) is 14.9 Å². The van der Waals surface area contributed by atoms with Crippen molar-refractivity contribution in [3.05, 3.63) is 66.5 Å². The molecule has 1 fully saturated rings. The van der Waals surface area contributed by atoms with Gasteiger partial charge >= 0.3 is 0 Å². The summed E-state index contributed by atoms with van der Waals surface area (Å²) in [5, 5.41) is 0. The van der Waals surface area contributed by atoms with Crippen molar-refractivity contribution in [3.8, 4) is 22.8 Å². The number of benzene rings is 2. The van der Waals surface area contributed by atoms with Crippen LogP contribution in [0.15, 0.2) is 60.9 Å². The molecule has 0 atom stereocenters. The fourth-order valence-corrected chi connectivity index (χ4v) is 3.58. The van der Waals surface area contributed by atoms with E-state index >= 15 is 0 Å². The smallest absolute Gasteiger partial charge is 0.254 e. The molecule has 0 unspecified atom stereocenters. The Balaban J connectivity index is 1.44. The van der Waals surface area contributed by atoms with Crippen molar-refractivity contribution in [2.24, 2.45) is 0 Å². The van der Waals surface area contributed by atoms with E-state index in [4.69, 9.17) is 9.47 Å². The lowest BCUT2D eigenvalue weighted by atomic mass is 10.1. The number of piperazine rings is 1. The lowest BCUT2D eigenvalue weighted by Gasteiger charge is -2.35. The third-order valence-corrected chi connectivity index (χ3v) is 5.24. The Hall–Kier alpha value is -3.61. The summed E-state index contributed by atoms with van der Waals surface area (Å²) in [6.07, 6.45) is 1.60. The maximum atomic E-state index is 12.9. The summed E-state index contributed by atoms with van der Waals surface area (Å²) >= 11 is 0. The number of rotatable bonds is 5. The summed E-state index contributed by atoms with van der Waals surface area (Å²) in [6.45, 7) is 2.67.